The van der Waals surface area contributed by atoms with Crippen LogP contribution >= 0.6 is 0 Å². The number of benzene rings is 4. The van der Waals surface area contributed by atoms with Gasteiger partial charge in [0, 0.05) is 57.3 Å². The number of anilines is 3. The molecule has 284 valence electrons. The summed E-state index contributed by atoms with van der Waals surface area (Å²) in [4.78, 5) is 52.4. The van der Waals surface area contributed by atoms with Gasteiger partial charge in [-0.05, 0) is 99.2 Å². The van der Waals surface area contributed by atoms with E-state index in [9.17, 15) is 24.4 Å². The third-order valence-corrected chi connectivity index (χ3v) is 9.23. The lowest BCUT2D eigenvalue weighted by Gasteiger charge is -2.33. The van der Waals surface area contributed by atoms with Gasteiger partial charge in [-0.2, -0.15) is 5.26 Å². The molecule has 5 rings (SSSR count). The van der Waals surface area contributed by atoms with Crippen LogP contribution in [0.2, 0.25) is 0 Å². The highest BCUT2D eigenvalue weighted by molar-refractivity contribution is 5.92. The molecule has 1 aliphatic rings. The number of hydrogen-bond donors (Lipinski definition) is 0. The van der Waals surface area contributed by atoms with Gasteiger partial charge < -0.3 is 23.8 Å². The minimum absolute atomic E-state index is 0.0467. The van der Waals surface area contributed by atoms with E-state index in [1.165, 1.54) is 19.9 Å². The highest BCUT2D eigenvalue weighted by Crippen LogP contribution is 2.54. The lowest BCUT2D eigenvalue weighted by molar-refractivity contribution is -0.139. The first-order valence-corrected chi connectivity index (χ1v) is 17.8. The van der Waals surface area contributed by atoms with Crippen molar-refractivity contribution >= 4 is 40.9 Å². The Balaban J connectivity index is 1.74. The SMILES string of the molecule is C=C(C)C(=O)OCCC1(CCOC(=O)C(=C)C)c2ccccc2-c2ccc(N(c3ccc(C#N)cc3)c3cc(OC(=O)C(=C)C)cc(OC(=O)C(=C)C)c3)cc21. The molecule has 0 heterocycles. The molecule has 0 amide bonds. The fourth-order valence-corrected chi connectivity index (χ4v) is 6.45. The summed E-state index contributed by atoms with van der Waals surface area (Å²) in [5, 5.41) is 9.60. The molecule has 0 unspecified atom stereocenters. The Morgan fingerprint density at radius 3 is 1.57 bits per heavy atom. The van der Waals surface area contributed by atoms with Crippen LogP contribution < -0.4 is 14.4 Å². The summed E-state index contributed by atoms with van der Waals surface area (Å²) in [6, 6.07) is 27.6. The Bertz CT molecular complexity index is 2250. The van der Waals surface area contributed by atoms with Crippen LogP contribution in [0.15, 0.2) is 134 Å². The van der Waals surface area contributed by atoms with E-state index in [1.807, 2.05) is 47.4 Å². The number of nitrogens with zero attached hydrogens (tertiary/aromatic N) is 2. The fourth-order valence-electron chi connectivity index (χ4n) is 6.45. The quantitative estimate of drug-likeness (QED) is 0.0658. The zero-order valence-electron chi connectivity index (χ0n) is 31.9. The summed E-state index contributed by atoms with van der Waals surface area (Å²) in [5.41, 5.74) is 5.96. The molecule has 1 aliphatic carbocycles. The van der Waals surface area contributed by atoms with Crippen LogP contribution in [0, 0.1) is 11.3 Å². The van der Waals surface area contributed by atoms with Gasteiger partial charge in [0.25, 0.3) is 0 Å². The zero-order valence-corrected chi connectivity index (χ0v) is 31.9. The lowest BCUT2D eigenvalue weighted by atomic mass is 9.73. The van der Waals surface area contributed by atoms with Crippen molar-refractivity contribution in [3.05, 3.63) is 150 Å². The van der Waals surface area contributed by atoms with E-state index >= 15 is 0 Å². The third kappa shape index (κ3) is 8.69. The molecule has 0 bridgehead atoms. The van der Waals surface area contributed by atoms with Gasteiger partial charge in [0.05, 0.1) is 30.5 Å². The van der Waals surface area contributed by atoms with E-state index in [-0.39, 0.29) is 47.0 Å². The lowest BCUT2D eigenvalue weighted by Crippen LogP contribution is -2.30. The first-order valence-electron chi connectivity index (χ1n) is 17.8. The summed E-state index contributed by atoms with van der Waals surface area (Å²) < 4.78 is 22.6. The number of carbonyl (C=O) groups is 4. The summed E-state index contributed by atoms with van der Waals surface area (Å²) in [7, 11) is 0. The second-order valence-corrected chi connectivity index (χ2v) is 13.7. The van der Waals surface area contributed by atoms with Crippen LogP contribution in [0.3, 0.4) is 0 Å². The van der Waals surface area contributed by atoms with Gasteiger partial charge in [0.2, 0.25) is 0 Å². The van der Waals surface area contributed by atoms with Crippen LogP contribution in [0.5, 0.6) is 11.5 Å². The van der Waals surface area contributed by atoms with Crippen LogP contribution in [-0.2, 0) is 34.1 Å². The van der Waals surface area contributed by atoms with Crippen molar-refractivity contribution in [2.45, 2.75) is 46.0 Å². The van der Waals surface area contributed by atoms with Crippen molar-refractivity contribution in [2.75, 3.05) is 18.1 Å². The van der Waals surface area contributed by atoms with Crippen molar-refractivity contribution in [1.82, 2.24) is 0 Å². The normalized spacial score (nSPS) is 11.8. The molecular weight excluding hydrogens is 709 g/mol. The molecule has 10 heteroatoms. The maximum Gasteiger partial charge on any atom is 0.338 e. The van der Waals surface area contributed by atoms with Gasteiger partial charge in [-0.25, -0.2) is 19.2 Å². The van der Waals surface area contributed by atoms with Crippen LogP contribution in [-0.4, -0.2) is 37.1 Å². The smallest absolute Gasteiger partial charge is 0.338 e. The number of esters is 4. The summed E-state index contributed by atoms with van der Waals surface area (Å²) in [6.45, 7) is 21.1. The number of carbonyl (C=O) groups excluding carboxylic acids is 4. The van der Waals surface area contributed by atoms with Gasteiger partial charge in [0.15, 0.2) is 0 Å². The summed E-state index contributed by atoms with van der Waals surface area (Å²) in [5.74, 6) is -2.22. The van der Waals surface area contributed by atoms with E-state index in [1.54, 1.807) is 50.2 Å². The highest BCUT2D eigenvalue weighted by Gasteiger charge is 2.43. The summed E-state index contributed by atoms with van der Waals surface area (Å²) >= 11 is 0. The number of rotatable bonds is 15. The number of hydrogen-bond acceptors (Lipinski definition) is 10. The second kappa shape index (κ2) is 17.0. The molecule has 0 aliphatic heterocycles. The highest BCUT2D eigenvalue weighted by atomic mass is 16.5. The van der Waals surface area contributed by atoms with Gasteiger partial charge in [0.1, 0.15) is 11.5 Å². The van der Waals surface area contributed by atoms with Crippen molar-refractivity contribution in [3.63, 3.8) is 0 Å². The Morgan fingerprint density at radius 1 is 0.589 bits per heavy atom. The van der Waals surface area contributed by atoms with Crippen LogP contribution in [0.25, 0.3) is 11.1 Å². The molecule has 4 aromatic carbocycles. The van der Waals surface area contributed by atoms with Crippen LogP contribution in [0.4, 0.5) is 17.1 Å². The number of ether oxygens (including phenoxy) is 4. The number of fused-ring (bicyclic) bond motifs is 3. The predicted molar refractivity (Wildman–Crippen MR) is 214 cm³/mol. The van der Waals surface area contributed by atoms with Gasteiger partial charge in [-0.3, -0.25) is 0 Å². The van der Waals surface area contributed by atoms with E-state index in [2.05, 4.69) is 32.4 Å². The van der Waals surface area contributed by atoms with Crippen LogP contribution in [0.1, 0.15) is 57.2 Å². The van der Waals surface area contributed by atoms with Crippen molar-refractivity contribution in [2.24, 2.45) is 0 Å². The average molecular weight is 751 g/mol. The largest absolute Gasteiger partial charge is 0.462 e. The molecule has 0 saturated heterocycles. The molecule has 10 nitrogen and oxygen atoms in total. The standard InChI is InChI=1S/C46H42N2O8/c1-28(2)42(49)53-21-19-46(20-22-54-43(50)29(3)4)40-12-10-9-11-38(40)39-18-17-34(25-41(39)46)48(33-15-13-32(27-47)14-16-33)35-23-36(55-44(51)30(5)6)26-37(24-35)56-45(52)31(7)8/h9-18,23-26H,1,3,5,7,19-22H2,2,4,6,8H3. The second-order valence-electron chi connectivity index (χ2n) is 13.7. The predicted octanol–water partition coefficient (Wildman–Crippen LogP) is 9.28. The molecule has 0 N–H and O–H groups in total. The minimum Gasteiger partial charge on any atom is -0.462 e. The van der Waals surface area contributed by atoms with E-state index in [4.69, 9.17) is 18.9 Å². The molecule has 0 spiro atoms. The first kappa shape index (κ1) is 40.2. The molecule has 0 aromatic heterocycles. The minimum atomic E-state index is -0.802. The van der Waals surface area contributed by atoms with Crippen molar-refractivity contribution < 1.29 is 38.1 Å². The number of nitriles is 1. The average Bonchev–Trinajstić information content (AvgIpc) is 3.43. The summed E-state index contributed by atoms with van der Waals surface area (Å²) in [6.07, 6.45) is 0.683. The molecule has 0 atom stereocenters. The molecule has 0 fully saturated rings. The Hall–Kier alpha value is -6.99. The first-order chi connectivity index (χ1) is 26.6. The molecule has 4 aromatic rings. The Labute approximate surface area is 326 Å². The van der Waals surface area contributed by atoms with Crippen molar-refractivity contribution in [3.8, 4) is 28.7 Å². The van der Waals surface area contributed by atoms with Gasteiger partial charge in [-0.15, -0.1) is 0 Å². The van der Waals surface area contributed by atoms with E-state index in [0.717, 1.165) is 22.3 Å². The molecular formula is C46H42N2O8. The van der Waals surface area contributed by atoms with Gasteiger partial charge >= 0.3 is 23.9 Å². The molecule has 0 saturated carbocycles. The molecule has 56 heavy (non-hydrogen) atoms. The van der Waals surface area contributed by atoms with Crippen molar-refractivity contribution in [1.29, 1.82) is 5.26 Å². The fraction of sp³-hybridized carbons (Fsp3) is 0.196. The third-order valence-electron chi connectivity index (χ3n) is 9.23. The van der Waals surface area contributed by atoms with Gasteiger partial charge in [-0.1, -0.05) is 56.6 Å². The Morgan fingerprint density at radius 2 is 1.07 bits per heavy atom. The maximum atomic E-state index is 12.7. The topological polar surface area (TPSA) is 132 Å². The zero-order chi connectivity index (χ0) is 40.7. The monoisotopic (exact) mass is 750 g/mol. The Kier molecular flexibility index (Phi) is 12.2. The maximum absolute atomic E-state index is 12.7. The van der Waals surface area contributed by atoms with E-state index < -0.39 is 29.3 Å². The van der Waals surface area contributed by atoms with E-state index in [0.29, 0.717) is 35.5 Å². The molecule has 0 radical (unpaired) electrons.